The molecule has 0 aliphatic rings. The molecule has 1 aromatic carbocycles. The zero-order valence-electron chi connectivity index (χ0n) is 10.7. The smallest absolute Gasteiger partial charge is 0.375 e. The summed E-state index contributed by atoms with van der Waals surface area (Å²) in [5.41, 5.74) is 3.77. The van der Waals surface area contributed by atoms with E-state index >= 15 is 0 Å². The molecule has 2 rings (SSSR count). The summed E-state index contributed by atoms with van der Waals surface area (Å²) in [5, 5.41) is 13.2. The number of benzene rings is 1. The van der Waals surface area contributed by atoms with Crippen molar-refractivity contribution in [2.75, 3.05) is 18.5 Å². The Morgan fingerprint density at radius 1 is 1.28 bits per heavy atom. The molecule has 0 fully saturated rings. The Bertz CT molecular complexity index is 532. The minimum Gasteiger partial charge on any atom is -0.375 e. The highest BCUT2D eigenvalue weighted by atomic mass is 32.1. The number of hydrogen-bond acceptors (Lipinski definition) is 5. The standard InChI is InChI=1S/C12H16N5S/c1-4-16(2)11-7-5-10(6-8-11)14-15-12-17(3)13-9-18-12/h5-9H,4H2,1-3H3/q+1. The molecule has 0 spiro atoms. The fourth-order valence-electron chi connectivity index (χ4n) is 1.41. The van der Waals surface area contributed by atoms with Gasteiger partial charge in [-0.2, -0.15) is 0 Å². The molecule has 0 aliphatic heterocycles. The second-order valence-corrected chi connectivity index (χ2v) is 4.69. The second kappa shape index (κ2) is 5.68. The lowest BCUT2D eigenvalue weighted by Crippen LogP contribution is -2.28. The summed E-state index contributed by atoms with van der Waals surface area (Å²) in [6.07, 6.45) is 0. The molecule has 1 aromatic heterocycles. The molecule has 18 heavy (non-hydrogen) atoms. The first kappa shape index (κ1) is 12.6. The minimum absolute atomic E-state index is 0.782. The van der Waals surface area contributed by atoms with E-state index < -0.39 is 0 Å². The van der Waals surface area contributed by atoms with Crippen molar-refractivity contribution in [3.8, 4) is 0 Å². The lowest BCUT2D eigenvalue weighted by molar-refractivity contribution is -0.713. The molecule has 94 valence electrons. The molecule has 0 unspecified atom stereocenters. The van der Waals surface area contributed by atoms with Crippen LogP contribution in [-0.4, -0.2) is 18.7 Å². The van der Waals surface area contributed by atoms with Crippen LogP contribution in [0.25, 0.3) is 0 Å². The molecule has 2 aromatic rings. The molecule has 1 heterocycles. The molecule has 0 bridgehead atoms. The van der Waals surface area contributed by atoms with E-state index in [4.69, 9.17) is 0 Å². The molecule has 0 saturated carbocycles. The van der Waals surface area contributed by atoms with Gasteiger partial charge >= 0.3 is 5.13 Å². The van der Waals surface area contributed by atoms with Gasteiger partial charge in [-0.3, -0.25) is 0 Å². The van der Waals surface area contributed by atoms with Crippen molar-refractivity contribution in [1.82, 2.24) is 5.10 Å². The number of anilines is 1. The van der Waals surface area contributed by atoms with E-state index in [9.17, 15) is 0 Å². The van der Waals surface area contributed by atoms with Crippen LogP contribution in [0.2, 0.25) is 0 Å². The summed E-state index contributed by atoms with van der Waals surface area (Å²) in [6.45, 7) is 3.11. The van der Waals surface area contributed by atoms with Gasteiger partial charge in [0, 0.05) is 19.3 Å². The molecule has 5 nitrogen and oxygen atoms in total. The fraction of sp³-hybridized carbons (Fsp3) is 0.333. The summed E-state index contributed by atoms with van der Waals surface area (Å²) < 4.78 is 1.70. The van der Waals surface area contributed by atoms with Gasteiger partial charge in [0.15, 0.2) is 0 Å². The Labute approximate surface area is 110 Å². The van der Waals surface area contributed by atoms with Crippen molar-refractivity contribution in [2.24, 2.45) is 17.3 Å². The first-order chi connectivity index (χ1) is 8.70. The summed E-state index contributed by atoms with van der Waals surface area (Å²) in [4.78, 5) is 2.17. The quantitative estimate of drug-likeness (QED) is 0.628. The van der Waals surface area contributed by atoms with Crippen LogP contribution in [-0.2, 0) is 7.05 Å². The zero-order valence-corrected chi connectivity index (χ0v) is 11.6. The van der Waals surface area contributed by atoms with E-state index in [1.54, 1.807) is 10.2 Å². The largest absolute Gasteiger partial charge is 0.429 e. The summed E-state index contributed by atoms with van der Waals surface area (Å²) in [5.74, 6) is 0. The van der Waals surface area contributed by atoms with Gasteiger partial charge in [-0.15, -0.1) is 4.68 Å². The topological polar surface area (TPSA) is 44.7 Å². The van der Waals surface area contributed by atoms with Gasteiger partial charge in [0.25, 0.3) is 0 Å². The van der Waals surface area contributed by atoms with Gasteiger partial charge in [-0.05, 0) is 47.6 Å². The van der Waals surface area contributed by atoms with Crippen molar-refractivity contribution < 1.29 is 4.68 Å². The van der Waals surface area contributed by atoms with Crippen molar-refractivity contribution in [3.05, 3.63) is 29.8 Å². The average Bonchev–Trinajstić information content (AvgIpc) is 2.81. The number of hydrogen-bond donors (Lipinski definition) is 0. The van der Waals surface area contributed by atoms with Gasteiger partial charge in [0.2, 0.25) is 0 Å². The highest BCUT2D eigenvalue weighted by Crippen LogP contribution is 2.21. The number of azo groups is 1. The predicted octanol–water partition coefficient (Wildman–Crippen LogP) is 2.84. The van der Waals surface area contributed by atoms with E-state index in [0.717, 1.165) is 17.4 Å². The maximum atomic E-state index is 4.19. The van der Waals surface area contributed by atoms with Crippen LogP contribution in [0.4, 0.5) is 16.5 Å². The first-order valence-electron chi connectivity index (χ1n) is 5.73. The normalized spacial score (nSPS) is 11.1. The molecule has 0 saturated heterocycles. The SMILES string of the molecule is CCN(C)c1ccc(N=Nc2scn[n+]2C)cc1. The van der Waals surface area contributed by atoms with E-state index in [2.05, 4.69) is 34.2 Å². The van der Waals surface area contributed by atoms with E-state index in [1.165, 1.54) is 17.0 Å². The van der Waals surface area contributed by atoms with Crippen LogP contribution < -0.4 is 9.58 Å². The molecular weight excluding hydrogens is 246 g/mol. The molecular formula is C12H16N5S+. The molecule has 0 radical (unpaired) electrons. The lowest BCUT2D eigenvalue weighted by atomic mass is 10.2. The Morgan fingerprint density at radius 3 is 2.56 bits per heavy atom. The number of aryl methyl sites for hydroxylation is 1. The van der Waals surface area contributed by atoms with E-state index in [-0.39, 0.29) is 0 Å². The molecule has 0 aliphatic carbocycles. The Morgan fingerprint density at radius 2 is 2.00 bits per heavy atom. The Hall–Kier alpha value is -1.82. The van der Waals surface area contributed by atoms with Crippen molar-refractivity contribution in [1.29, 1.82) is 0 Å². The fourth-order valence-corrected chi connectivity index (χ4v) is 1.98. The van der Waals surface area contributed by atoms with Crippen molar-refractivity contribution in [2.45, 2.75) is 6.92 Å². The van der Waals surface area contributed by atoms with Crippen LogP contribution in [0.1, 0.15) is 6.92 Å². The number of aromatic nitrogens is 2. The van der Waals surface area contributed by atoms with E-state index in [0.29, 0.717) is 0 Å². The maximum absolute atomic E-state index is 4.19. The van der Waals surface area contributed by atoms with Crippen LogP contribution >= 0.6 is 11.3 Å². The third-order valence-corrected chi connectivity index (χ3v) is 3.43. The maximum Gasteiger partial charge on any atom is 0.429 e. The van der Waals surface area contributed by atoms with Gasteiger partial charge in [-0.25, -0.2) is 0 Å². The summed E-state index contributed by atoms with van der Waals surface area (Å²) in [7, 11) is 3.91. The van der Waals surface area contributed by atoms with Crippen LogP contribution in [0.5, 0.6) is 0 Å². The van der Waals surface area contributed by atoms with Crippen LogP contribution in [0.15, 0.2) is 40.0 Å². The Balaban J connectivity index is 2.11. The highest BCUT2D eigenvalue weighted by Gasteiger charge is 2.08. The first-order valence-corrected chi connectivity index (χ1v) is 6.61. The lowest BCUT2D eigenvalue weighted by Gasteiger charge is -2.15. The third kappa shape index (κ3) is 2.89. The average molecular weight is 262 g/mol. The molecule has 0 amide bonds. The van der Waals surface area contributed by atoms with Gasteiger partial charge in [0.05, 0.1) is 5.11 Å². The monoisotopic (exact) mass is 262 g/mol. The zero-order chi connectivity index (χ0) is 13.0. The molecule has 0 atom stereocenters. The minimum atomic E-state index is 0.782. The van der Waals surface area contributed by atoms with Gasteiger partial charge in [-0.1, -0.05) is 5.10 Å². The van der Waals surface area contributed by atoms with Crippen molar-refractivity contribution in [3.63, 3.8) is 0 Å². The highest BCUT2D eigenvalue weighted by molar-refractivity contribution is 7.12. The van der Waals surface area contributed by atoms with Crippen LogP contribution in [0, 0.1) is 0 Å². The summed E-state index contributed by atoms with van der Waals surface area (Å²) in [6, 6.07) is 8.02. The van der Waals surface area contributed by atoms with E-state index in [1.807, 2.05) is 31.3 Å². The number of rotatable bonds is 4. The van der Waals surface area contributed by atoms with Crippen molar-refractivity contribution >= 4 is 27.8 Å². The molecule has 6 heteroatoms. The molecule has 0 N–H and O–H groups in total. The second-order valence-electron chi connectivity index (χ2n) is 3.88. The van der Waals surface area contributed by atoms with Crippen LogP contribution in [0.3, 0.4) is 0 Å². The number of nitrogens with zero attached hydrogens (tertiary/aromatic N) is 5. The third-order valence-electron chi connectivity index (χ3n) is 2.67. The van der Waals surface area contributed by atoms with Gasteiger partial charge < -0.3 is 4.90 Å². The Kier molecular flexibility index (Phi) is 3.99. The summed E-state index contributed by atoms with van der Waals surface area (Å²) >= 11 is 1.46. The predicted molar refractivity (Wildman–Crippen MR) is 72.9 cm³/mol. The van der Waals surface area contributed by atoms with Gasteiger partial charge in [0.1, 0.15) is 18.2 Å².